The first-order valence-corrected chi connectivity index (χ1v) is 16.9. The second kappa shape index (κ2) is 11.5. The van der Waals surface area contributed by atoms with E-state index in [4.69, 9.17) is 0 Å². The predicted molar refractivity (Wildman–Crippen MR) is 211 cm³/mol. The largest absolute Gasteiger partial charge is 0.309 e. The summed E-state index contributed by atoms with van der Waals surface area (Å²) >= 11 is 0. The van der Waals surface area contributed by atoms with E-state index in [-0.39, 0.29) is 18.1 Å². The number of para-hydroxylation sites is 2. The Hall–Kier alpha value is -6.64. The monoisotopic (exact) mass is 639 g/mol. The lowest BCUT2D eigenvalue weighted by molar-refractivity contribution is 1.18. The molecule has 0 aliphatic carbocycles. The molecule has 2 heterocycles. The Labute approximate surface area is 294 Å². The van der Waals surface area contributed by atoms with E-state index in [9.17, 15) is 4.11 Å². The van der Waals surface area contributed by atoms with Crippen LogP contribution < -0.4 is 0 Å². The average Bonchev–Trinajstić information content (AvgIpc) is 3.74. The number of benzene rings is 8. The number of hydrogen-bond acceptors (Lipinski definition) is 0. The van der Waals surface area contributed by atoms with Crippen molar-refractivity contribution in [2.45, 2.75) is 0 Å². The van der Waals surface area contributed by atoms with Crippen LogP contribution in [0.1, 0.15) is 4.11 Å². The van der Waals surface area contributed by atoms with E-state index in [1.165, 1.54) is 0 Å². The molecule has 10 rings (SSSR count). The first kappa shape index (κ1) is 25.4. The zero-order chi connectivity index (χ0) is 35.6. The third-order valence-electron chi connectivity index (χ3n) is 9.84. The fourth-order valence-corrected chi connectivity index (χ4v) is 7.45. The molecule has 0 unspecified atom stereocenters. The first-order valence-electron chi connectivity index (χ1n) is 18.4. The maximum atomic E-state index is 9.73. The van der Waals surface area contributed by atoms with Gasteiger partial charge in [-0.25, -0.2) is 0 Å². The van der Waals surface area contributed by atoms with Gasteiger partial charge in [0, 0.05) is 32.9 Å². The molecule has 0 N–H and O–H groups in total. The molecule has 0 atom stereocenters. The molecule has 0 amide bonds. The number of hydrogen-bond donors (Lipinski definition) is 0. The van der Waals surface area contributed by atoms with Crippen LogP contribution in [0.4, 0.5) is 0 Å². The zero-order valence-corrected chi connectivity index (χ0v) is 27.1. The fraction of sp³-hybridized carbons (Fsp3) is 0. The maximum Gasteiger partial charge on any atom is 0.0645 e. The molecule has 2 aromatic heterocycles. The van der Waals surface area contributed by atoms with E-state index in [1.54, 1.807) is 0 Å². The van der Waals surface area contributed by atoms with Gasteiger partial charge in [-0.15, -0.1) is 0 Å². The molecule has 0 radical (unpaired) electrons. The van der Waals surface area contributed by atoms with Gasteiger partial charge in [-0.3, -0.25) is 0 Å². The molecule has 0 bridgehead atoms. The lowest BCUT2D eigenvalue weighted by Gasteiger charge is -2.10. The molecule has 8 aromatic carbocycles. The van der Waals surface area contributed by atoms with Crippen molar-refractivity contribution < 1.29 is 4.11 Å². The predicted octanol–water partition coefficient (Wildman–Crippen LogP) is 12.9. The molecule has 0 fully saturated rings. The molecule has 0 spiro atoms. The summed E-state index contributed by atoms with van der Waals surface area (Å²) in [4.78, 5) is 0. The molecule has 2 nitrogen and oxygen atoms in total. The van der Waals surface area contributed by atoms with Gasteiger partial charge in [0.05, 0.1) is 26.2 Å². The SMILES string of the molecule is [2H]c1c(-c2ccc3c(c2)c2ccc(-c4ccccc4)cc2n3-c2ccccc2)c([2H])c2c3ccccc3n(-c3ccc(-c4ccccc4)cc3)c2c1[2H]. The Morgan fingerprint density at radius 3 is 1.58 bits per heavy atom. The van der Waals surface area contributed by atoms with E-state index in [0.29, 0.717) is 16.5 Å². The minimum absolute atomic E-state index is 0.0463. The summed E-state index contributed by atoms with van der Waals surface area (Å²) < 4.78 is 33.0. The van der Waals surface area contributed by atoms with Crippen LogP contribution >= 0.6 is 0 Å². The zero-order valence-electron chi connectivity index (χ0n) is 30.1. The van der Waals surface area contributed by atoms with E-state index in [0.717, 1.165) is 71.9 Å². The summed E-state index contributed by atoms with van der Waals surface area (Å²) in [5, 5.41) is 3.70. The van der Waals surface area contributed by atoms with Gasteiger partial charge in [-0.05, 0) is 94.0 Å². The lowest BCUT2D eigenvalue weighted by Crippen LogP contribution is -1.94. The van der Waals surface area contributed by atoms with Gasteiger partial charge in [0.25, 0.3) is 0 Å². The van der Waals surface area contributed by atoms with Crippen molar-refractivity contribution >= 4 is 43.6 Å². The molecule has 50 heavy (non-hydrogen) atoms. The first-order chi connectivity index (χ1) is 26.1. The Morgan fingerprint density at radius 1 is 0.300 bits per heavy atom. The van der Waals surface area contributed by atoms with Crippen molar-refractivity contribution in [2.24, 2.45) is 0 Å². The van der Waals surface area contributed by atoms with Gasteiger partial charge < -0.3 is 9.13 Å². The maximum absolute atomic E-state index is 9.73. The number of rotatable bonds is 5. The van der Waals surface area contributed by atoms with Crippen LogP contribution in [-0.4, -0.2) is 9.13 Å². The Kier molecular flexibility index (Phi) is 5.84. The quantitative estimate of drug-likeness (QED) is 0.177. The highest BCUT2D eigenvalue weighted by Crippen LogP contribution is 2.39. The van der Waals surface area contributed by atoms with E-state index < -0.39 is 0 Å². The molecule has 0 aliphatic heterocycles. The highest BCUT2D eigenvalue weighted by molar-refractivity contribution is 6.13. The fourth-order valence-electron chi connectivity index (χ4n) is 7.45. The summed E-state index contributed by atoms with van der Waals surface area (Å²) in [6.45, 7) is 0. The van der Waals surface area contributed by atoms with Crippen LogP contribution in [0.3, 0.4) is 0 Å². The summed E-state index contributed by atoms with van der Waals surface area (Å²) in [5.41, 5.74) is 11.3. The van der Waals surface area contributed by atoms with Crippen LogP contribution in [0.25, 0.3) is 88.4 Å². The molecule has 234 valence electrons. The summed E-state index contributed by atoms with van der Waals surface area (Å²) in [5.74, 6) is 0. The number of aromatic nitrogens is 2. The smallest absolute Gasteiger partial charge is 0.0645 e. The molecular formula is C48H32N2. The minimum Gasteiger partial charge on any atom is -0.309 e. The molecule has 10 aromatic rings. The van der Waals surface area contributed by atoms with Crippen molar-refractivity contribution in [1.29, 1.82) is 0 Å². The van der Waals surface area contributed by atoms with Gasteiger partial charge in [-0.2, -0.15) is 0 Å². The lowest BCUT2D eigenvalue weighted by atomic mass is 9.99. The van der Waals surface area contributed by atoms with Gasteiger partial charge in [-0.1, -0.05) is 133 Å². The highest BCUT2D eigenvalue weighted by atomic mass is 15.0. The van der Waals surface area contributed by atoms with Crippen LogP contribution in [-0.2, 0) is 0 Å². The topological polar surface area (TPSA) is 9.86 Å². The van der Waals surface area contributed by atoms with Crippen molar-refractivity contribution in [3.8, 4) is 44.8 Å². The van der Waals surface area contributed by atoms with Crippen molar-refractivity contribution in [1.82, 2.24) is 9.13 Å². The van der Waals surface area contributed by atoms with Gasteiger partial charge in [0.1, 0.15) is 0 Å². The third-order valence-corrected chi connectivity index (χ3v) is 9.84. The molecule has 0 saturated carbocycles. The van der Waals surface area contributed by atoms with Crippen LogP contribution in [0, 0.1) is 0 Å². The summed E-state index contributed by atoms with van der Waals surface area (Å²) in [6, 6.07) is 60.7. The van der Waals surface area contributed by atoms with E-state index >= 15 is 0 Å². The molecular weight excluding hydrogens is 605 g/mol. The summed E-state index contributed by atoms with van der Waals surface area (Å²) in [7, 11) is 0. The molecule has 0 aliphatic rings. The van der Waals surface area contributed by atoms with E-state index in [1.807, 2.05) is 65.2 Å². The second-order valence-electron chi connectivity index (χ2n) is 12.7. The van der Waals surface area contributed by atoms with Crippen molar-refractivity contribution in [2.75, 3.05) is 0 Å². The average molecular weight is 640 g/mol. The Bertz CT molecular complexity index is 3000. The number of nitrogens with zero attached hydrogens (tertiary/aromatic N) is 2. The normalized spacial score (nSPS) is 12.4. The van der Waals surface area contributed by atoms with Crippen molar-refractivity contribution in [3.05, 3.63) is 194 Å². The van der Waals surface area contributed by atoms with Gasteiger partial charge in [0.15, 0.2) is 0 Å². The Balaban J connectivity index is 1.19. The van der Waals surface area contributed by atoms with E-state index in [2.05, 4.69) is 120 Å². The third kappa shape index (κ3) is 4.57. The standard InChI is InChI=1S/C48H32N2/c1-4-12-33(13-5-1)35-20-25-40(26-21-35)49-45-19-11-10-18-41(45)43-30-36(23-28-46(43)49)37-24-29-47-44(31-37)42-27-22-38(34-14-6-2-7-15-34)32-48(42)50(47)39-16-8-3-9-17-39/h1-32H/i23D,28D,30D. The van der Waals surface area contributed by atoms with Crippen LogP contribution in [0.2, 0.25) is 0 Å². The van der Waals surface area contributed by atoms with Crippen LogP contribution in [0.15, 0.2) is 194 Å². The molecule has 2 heteroatoms. The Morgan fingerprint density at radius 2 is 0.820 bits per heavy atom. The number of fused-ring (bicyclic) bond motifs is 6. The minimum atomic E-state index is 0.0463. The summed E-state index contributed by atoms with van der Waals surface area (Å²) in [6.07, 6.45) is 0. The van der Waals surface area contributed by atoms with Gasteiger partial charge >= 0.3 is 0 Å². The highest BCUT2D eigenvalue weighted by Gasteiger charge is 2.17. The molecule has 0 saturated heterocycles. The second-order valence-corrected chi connectivity index (χ2v) is 12.7. The van der Waals surface area contributed by atoms with Gasteiger partial charge in [0.2, 0.25) is 0 Å². The van der Waals surface area contributed by atoms with Crippen molar-refractivity contribution in [3.63, 3.8) is 0 Å². The van der Waals surface area contributed by atoms with Crippen LogP contribution in [0.5, 0.6) is 0 Å².